The number of carbonyl (C=O) groups excluding carboxylic acids is 3. The molecule has 1 unspecified atom stereocenters. The summed E-state index contributed by atoms with van der Waals surface area (Å²) >= 11 is 0. The number of hydrogen-bond acceptors (Lipinski definition) is 6. The summed E-state index contributed by atoms with van der Waals surface area (Å²) in [6, 6.07) is 0. The van der Waals surface area contributed by atoms with Gasteiger partial charge in [0.25, 0.3) is 0 Å². The van der Waals surface area contributed by atoms with Gasteiger partial charge in [0.2, 0.25) is 0 Å². The van der Waals surface area contributed by atoms with Gasteiger partial charge in [-0.1, -0.05) is 219 Å². The van der Waals surface area contributed by atoms with Gasteiger partial charge >= 0.3 is 17.9 Å². The van der Waals surface area contributed by atoms with Crippen molar-refractivity contribution in [1.29, 1.82) is 0 Å². The maximum absolute atomic E-state index is 12.7. The highest BCUT2D eigenvalue weighted by molar-refractivity contribution is 5.71. The molecule has 0 aromatic rings. The predicted molar refractivity (Wildman–Crippen MR) is 288 cm³/mol. The molecule has 0 aliphatic heterocycles. The minimum atomic E-state index is -0.790. The second-order valence-corrected chi connectivity index (χ2v) is 17.4. The van der Waals surface area contributed by atoms with Gasteiger partial charge in [-0.3, -0.25) is 14.4 Å². The van der Waals surface area contributed by atoms with Crippen LogP contribution in [-0.4, -0.2) is 37.2 Å². The van der Waals surface area contributed by atoms with Crippen molar-refractivity contribution in [3.63, 3.8) is 0 Å². The Bertz CT molecular complexity index is 1440. The molecule has 0 aromatic heterocycles. The van der Waals surface area contributed by atoms with Crippen molar-refractivity contribution in [2.24, 2.45) is 0 Å². The largest absolute Gasteiger partial charge is 0.462 e. The first-order valence-corrected chi connectivity index (χ1v) is 27.0. The van der Waals surface area contributed by atoms with Crippen molar-refractivity contribution in [3.05, 3.63) is 122 Å². The van der Waals surface area contributed by atoms with Gasteiger partial charge in [0.1, 0.15) is 13.2 Å². The molecule has 0 aromatic carbocycles. The lowest BCUT2D eigenvalue weighted by molar-refractivity contribution is -0.167. The predicted octanol–water partition coefficient (Wildman–Crippen LogP) is 18.1. The van der Waals surface area contributed by atoms with E-state index in [0.717, 1.165) is 161 Å². The molecule has 0 fully saturated rings. The molecule has 6 heteroatoms. The molecular formula is C61H98O6. The van der Waals surface area contributed by atoms with Crippen LogP contribution in [0.5, 0.6) is 0 Å². The van der Waals surface area contributed by atoms with Crippen LogP contribution in [0.3, 0.4) is 0 Å². The molecule has 67 heavy (non-hydrogen) atoms. The van der Waals surface area contributed by atoms with Crippen LogP contribution in [0, 0.1) is 0 Å². The molecule has 0 aliphatic rings. The molecule has 0 rings (SSSR count). The Morgan fingerprint density at radius 2 is 0.582 bits per heavy atom. The molecule has 6 nitrogen and oxygen atoms in total. The number of allylic oxidation sites excluding steroid dienone is 20. The SMILES string of the molecule is CC/C=C\C/C=C\C/C=C\C/C=C\C/C=C\C/C=C\C/C=C\CCCCCCCCCC(=O)OCC(COC(=O)CCCCCCC)OC(=O)CCCCCCC/C=C\C/C=C\C/C=C\CC. The first-order valence-electron chi connectivity index (χ1n) is 27.0. The smallest absolute Gasteiger partial charge is 0.306 e. The Hall–Kier alpha value is -4.19. The normalized spacial score (nSPS) is 13.1. The van der Waals surface area contributed by atoms with Crippen LogP contribution < -0.4 is 0 Å². The van der Waals surface area contributed by atoms with E-state index >= 15 is 0 Å². The van der Waals surface area contributed by atoms with Crippen molar-refractivity contribution < 1.29 is 28.6 Å². The van der Waals surface area contributed by atoms with Crippen molar-refractivity contribution in [2.45, 2.75) is 232 Å². The molecule has 0 bridgehead atoms. The van der Waals surface area contributed by atoms with E-state index in [4.69, 9.17) is 14.2 Å². The highest BCUT2D eigenvalue weighted by atomic mass is 16.6. The van der Waals surface area contributed by atoms with Crippen molar-refractivity contribution in [1.82, 2.24) is 0 Å². The summed E-state index contributed by atoms with van der Waals surface area (Å²) in [5.74, 6) is -0.941. The van der Waals surface area contributed by atoms with Crippen LogP contribution >= 0.6 is 0 Å². The minimum Gasteiger partial charge on any atom is -0.462 e. The first kappa shape index (κ1) is 62.8. The zero-order valence-corrected chi connectivity index (χ0v) is 43.1. The molecule has 0 aliphatic carbocycles. The van der Waals surface area contributed by atoms with Gasteiger partial charge in [-0.25, -0.2) is 0 Å². The first-order chi connectivity index (χ1) is 33.0. The van der Waals surface area contributed by atoms with Gasteiger partial charge < -0.3 is 14.2 Å². The lowest BCUT2D eigenvalue weighted by atomic mass is 10.1. The number of unbranched alkanes of at least 4 members (excludes halogenated alkanes) is 16. The third-order valence-electron chi connectivity index (χ3n) is 11.0. The molecule has 0 saturated heterocycles. The second-order valence-electron chi connectivity index (χ2n) is 17.4. The number of carbonyl (C=O) groups is 3. The van der Waals surface area contributed by atoms with E-state index in [2.05, 4.69) is 142 Å². The molecule has 0 N–H and O–H groups in total. The van der Waals surface area contributed by atoms with Crippen molar-refractivity contribution >= 4 is 17.9 Å². The maximum atomic E-state index is 12.7. The average molecular weight is 927 g/mol. The van der Waals surface area contributed by atoms with Crippen molar-refractivity contribution in [2.75, 3.05) is 13.2 Å². The number of esters is 3. The standard InChI is InChI=1S/C61H98O6/c1-4-7-10-13-15-17-19-21-23-24-25-26-27-28-29-30-31-32-33-34-35-36-38-39-41-43-45-48-51-54-60(63)66-57-58(56-65-59(62)53-50-47-12-9-6-3)67-61(64)55-52-49-46-44-42-40-37-22-20-18-16-14-11-8-5-2/h7-8,10-11,15-18,21-23,25-26,28-29,31-32,34-35,37,58H,4-6,9,12-14,19-20,24,27,30,33,36,38-57H2,1-3H3/b10-7-,11-8-,17-15-,18-16-,23-21-,26-25-,29-28-,32-31-,35-34-,37-22-. The van der Waals surface area contributed by atoms with E-state index in [1.165, 1.54) is 25.7 Å². The van der Waals surface area contributed by atoms with Crippen LogP contribution in [0.1, 0.15) is 226 Å². The maximum Gasteiger partial charge on any atom is 0.306 e. The zero-order chi connectivity index (χ0) is 48.6. The summed E-state index contributed by atoms with van der Waals surface area (Å²) in [6.45, 7) is 6.29. The summed E-state index contributed by atoms with van der Waals surface area (Å²) in [5, 5.41) is 0. The van der Waals surface area contributed by atoms with E-state index in [1.807, 2.05) is 0 Å². The molecule has 378 valence electrons. The number of ether oxygens (including phenoxy) is 3. The van der Waals surface area contributed by atoms with E-state index in [1.54, 1.807) is 0 Å². The topological polar surface area (TPSA) is 78.9 Å². The van der Waals surface area contributed by atoms with Crippen LogP contribution in [0.15, 0.2) is 122 Å². The lowest BCUT2D eigenvalue weighted by Gasteiger charge is -2.18. The Morgan fingerprint density at radius 3 is 0.910 bits per heavy atom. The summed E-state index contributed by atoms with van der Waals surface area (Å²) < 4.78 is 16.7. The van der Waals surface area contributed by atoms with E-state index in [0.29, 0.717) is 19.3 Å². The highest BCUT2D eigenvalue weighted by Crippen LogP contribution is 2.13. The van der Waals surface area contributed by atoms with Crippen LogP contribution in [0.4, 0.5) is 0 Å². The Balaban J connectivity index is 4.15. The van der Waals surface area contributed by atoms with Gasteiger partial charge in [0.05, 0.1) is 0 Å². The third kappa shape index (κ3) is 52.6. The van der Waals surface area contributed by atoms with E-state index in [-0.39, 0.29) is 31.1 Å². The van der Waals surface area contributed by atoms with E-state index < -0.39 is 6.10 Å². The van der Waals surface area contributed by atoms with Crippen LogP contribution in [0.2, 0.25) is 0 Å². The fourth-order valence-electron chi connectivity index (χ4n) is 6.96. The van der Waals surface area contributed by atoms with Gasteiger partial charge in [-0.2, -0.15) is 0 Å². The van der Waals surface area contributed by atoms with Crippen molar-refractivity contribution in [3.8, 4) is 0 Å². The number of hydrogen-bond donors (Lipinski definition) is 0. The lowest BCUT2D eigenvalue weighted by Crippen LogP contribution is -2.30. The Kier molecular flexibility index (Phi) is 51.0. The summed E-state index contributed by atoms with van der Waals surface area (Å²) in [6.07, 6.45) is 75.1. The van der Waals surface area contributed by atoms with Gasteiger partial charge in [-0.05, 0) is 109 Å². The molecule has 0 heterocycles. The van der Waals surface area contributed by atoms with Crippen LogP contribution in [0.25, 0.3) is 0 Å². The average Bonchev–Trinajstić information content (AvgIpc) is 3.33. The fourth-order valence-corrected chi connectivity index (χ4v) is 6.96. The molecule has 0 saturated carbocycles. The Morgan fingerprint density at radius 1 is 0.313 bits per heavy atom. The third-order valence-corrected chi connectivity index (χ3v) is 11.0. The minimum absolute atomic E-state index is 0.0920. The van der Waals surface area contributed by atoms with Gasteiger partial charge in [0, 0.05) is 19.3 Å². The molecular weight excluding hydrogens is 829 g/mol. The molecule has 0 radical (unpaired) electrons. The summed E-state index contributed by atoms with van der Waals surface area (Å²) in [5.41, 5.74) is 0. The second kappa shape index (κ2) is 54.4. The number of rotatable bonds is 47. The van der Waals surface area contributed by atoms with E-state index in [9.17, 15) is 14.4 Å². The summed E-state index contributed by atoms with van der Waals surface area (Å²) in [7, 11) is 0. The zero-order valence-electron chi connectivity index (χ0n) is 43.1. The molecule has 0 amide bonds. The van der Waals surface area contributed by atoms with Crippen LogP contribution in [-0.2, 0) is 28.6 Å². The monoisotopic (exact) mass is 927 g/mol. The molecule has 0 spiro atoms. The van der Waals surface area contributed by atoms with Gasteiger partial charge in [0.15, 0.2) is 6.10 Å². The van der Waals surface area contributed by atoms with Gasteiger partial charge in [-0.15, -0.1) is 0 Å². The quantitative estimate of drug-likeness (QED) is 0.0262. The Labute approximate surface area is 412 Å². The fraction of sp³-hybridized carbons (Fsp3) is 0.623. The molecule has 1 atom stereocenters. The highest BCUT2D eigenvalue weighted by Gasteiger charge is 2.19. The summed E-state index contributed by atoms with van der Waals surface area (Å²) in [4.78, 5) is 37.7.